The first-order valence-corrected chi connectivity index (χ1v) is 9.85. The Labute approximate surface area is 175 Å². The van der Waals surface area contributed by atoms with Gasteiger partial charge >= 0.3 is 12.0 Å². The lowest BCUT2D eigenvalue weighted by atomic mass is 9.84. The normalized spacial score (nSPS) is 18.1. The van der Waals surface area contributed by atoms with Gasteiger partial charge in [0.25, 0.3) is 0 Å². The maximum atomic E-state index is 12.3. The third kappa shape index (κ3) is 4.75. The molecule has 1 aliphatic rings. The van der Waals surface area contributed by atoms with Crippen LogP contribution in [0, 0.1) is 5.92 Å². The Morgan fingerprint density at radius 1 is 1.26 bits per heavy atom. The monoisotopic (exact) mass is 470 g/mol. The van der Waals surface area contributed by atoms with E-state index in [1.54, 1.807) is 35.2 Å². The summed E-state index contributed by atoms with van der Waals surface area (Å²) in [4.78, 5) is 25.8. The summed E-state index contributed by atoms with van der Waals surface area (Å²) in [6, 6.07) is 12.1. The van der Waals surface area contributed by atoms with Crippen molar-refractivity contribution >= 4 is 51.1 Å². The lowest BCUT2D eigenvalue weighted by Crippen LogP contribution is -2.52. The Hall–Kier alpha value is -1.76. The lowest BCUT2D eigenvalue weighted by molar-refractivity contribution is -0.140. The van der Waals surface area contributed by atoms with Crippen LogP contribution in [0.5, 0.6) is 0 Å². The Morgan fingerprint density at radius 2 is 1.96 bits per heavy atom. The minimum atomic E-state index is -0.914. The minimum Gasteiger partial charge on any atom is -0.481 e. The number of amides is 2. The molecule has 3 rings (SSSR count). The molecule has 142 valence electrons. The number of carbonyl (C=O) groups is 2. The lowest BCUT2D eigenvalue weighted by Gasteiger charge is -2.36. The third-order valence-corrected chi connectivity index (χ3v) is 5.72. The number of hydrogen-bond donors (Lipinski definition) is 2. The van der Waals surface area contributed by atoms with E-state index in [0.717, 1.165) is 10.0 Å². The van der Waals surface area contributed by atoms with Crippen molar-refractivity contribution in [1.82, 2.24) is 10.2 Å². The second-order valence-corrected chi connectivity index (χ2v) is 8.19. The SMILES string of the molecule is O=C(O)C(c1ccc(Br)cc1)C1CNC(=O)N(Cc2ccc(Cl)cc2Cl)C1. The molecule has 27 heavy (non-hydrogen) atoms. The smallest absolute Gasteiger partial charge is 0.317 e. The molecule has 0 radical (unpaired) electrons. The zero-order valence-corrected chi connectivity index (χ0v) is 17.3. The molecule has 1 saturated heterocycles. The van der Waals surface area contributed by atoms with Gasteiger partial charge in [-0.1, -0.05) is 57.3 Å². The third-order valence-electron chi connectivity index (χ3n) is 4.60. The van der Waals surface area contributed by atoms with E-state index in [9.17, 15) is 14.7 Å². The van der Waals surface area contributed by atoms with Gasteiger partial charge in [0.1, 0.15) is 0 Å². The van der Waals surface area contributed by atoms with Gasteiger partial charge in [-0.25, -0.2) is 4.79 Å². The number of rotatable bonds is 5. The van der Waals surface area contributed by atoms with Gasteiger partial charge in [0.15, 0.2) is 0 Å². The highest BCUT2D eigenvalue weighted by Crippen LogP contribution is 2.30. The minimum absolute atomic E-state index is 0.239. The number of carbonyl (C=O) groups excluding carboxylic acids is 1. The van der Waals surface area contributed by atoms with Crippen molar-refractivity contribution < 1.29 is 14.7 Å². The Kier molecular flexibility index (Phi) is 6.29. The van der Waals surface area contributed by atoms with Crippen LogP contribution < -0.4 is 5.32 Å². The molecule has 1 heterocycles. The van der Waals surface area contributed by atoms with Gasteiger partial charge in [0.05, 0.1) is 5.92 Å². The first kappa shape index (κ1) is 20.0. The largest absolute Gasteiger partial charge is 0.481 e. The van der Waals surface area contributed by atoms with E-state index in [2.05, 4.69) is 21.2 Å². The molecule has 1 aliphatic heterocycles. The highest BCUT2D eigenvalue weighted by atomic mass is 79.9. The van der Waals surface area contributed by atoms with Gasteiger partial charge in [-0.05, 0) is 35.4 Å². The number of aliphatic carboxylic acids is 1. The number of benzene rings is 2. The standard InChI is InChI=1S/C19H17BrCl2N2O3/c20-14-4-1-11(2-5-14)17(18(25)26)13-8-23-19(27)24(10-13)9-12-3-6-15(21)7-16(12)22/h1-7,13,17H,8-10H2,(H,23,27)(H,25,26). The number of carboxylic acids is 1. The molecule has 2 amide bonds. The quantitative estimate of drug-likeness (QED) is 0.660. The highest BCUT2D eigenvalue weighted by Gasteiger charge is 2.36. The molecule has 5 nitrogen and oxygen atoms in total. The molecule has 0 saturated carbocycles. The summed E-state index contributed by atoms with van der Waals surface area (Å²) >= 11 is 15.5. The Bertz CT molecular complexity index is 861. The summed E-state index contributed by atoms with van der Waals surface area (Å²) in [5, 5.41) is 13.6. The molecule has 1 fully saturated rings. The molecule has 0 bridgehead atoms. The van der Waals surface area contributed by atoms with E-state index >= 15 is 0 Å². The van der Waals surface area contributed by atoms with Crippen molar-refractivity contribution in [2.45, 2.75) is 12.5 Å². The van der Waals surface area contributed by atoms with E-state index in [-0.39, 0.29) is 18.5 Å². The molecule has 2 atom stereocenters. The van der Waals surface area contributed by atoms with Crippen LogP contribution in [0.1, 0.15) is 17.0 Å². The van der Waals surface area contributed by atoms with Crippen LogP contribution in [-0.4, -0.2) is 35.1 Å². The molecule has 8 heteroatoms. The van der Waals surface area contributed by atoms with E-state index in [4.69, 9.17) is 23.2 Å². The van der Waals surface area contributed by atoms with Crippen molar-refractivity contribution in [2.75, 3.05) is 13.1 Å². The van der Waals surface area contributed by atoms with Gasteiger partial charge in [-0.2, -0.15) is 0 Å². The van der Waals surface area contributed by atoms with Crippen LogP contribution in [0.2, 0.25) is 10.0 Å². The predicted octanol–water partition coefficient (Wildman–Crippen LogP) is 4.77. The molecule has 2 aromatic carbocycles. The topological polar surface area (TPSA) is 69.6 Å². The Balaban J connectivity index is 1.81. The zero-order valence-electron chi connectivity index (χ0n) is 14.2. The average molecular weight is 472 g/mol. The van der Waals surface area contributed by atoms with Gasteiger partial charge in [-0.3, -0.25) is 4.79 Å². The first-order chi connectivity index (χ1) is 12.8. The molecular weight excluding hydrogens is 455 g/mol. The summed E-state index contributed by atoms with van der Waals surface area (Å²) in [6.07, 6.45) is 0. The molecule has 0 aromatic heterocycles. The van der Waals surface area contributed by atoms with Crippen LogP contribution >= 0.6 is 39.1 Å². The fourth-order valence-corrected chi connectivity index (χ4v) is 3.99. The van der Waals surface area contributed by atoms with Gasteiger partial charge in [0.2, 0.25) is 0 Å². The number of nitrogens with one attached hydrogen (secondary N) is 1. The van der Waals surface area contributed by atoms with Gasteiger partial charge in [0, 0.05) is 40.1 Å². The van der Waals surface area contributed by atoms with Gasteiger partial charge in [-0.15, -0.1) is 0 Å². The molecule has 2 unspecified atom stereocenters. The summed E-state index contributed by atoms with van der Waals surface area (Å²) in [5.74, 6) is -1.91. The predicted molar refractivity (Wildman–Crippen MR) is 108 cm³/mol. The number of hydrogen-bond acceptors (Lipinski definition) is 2. The van der Waals surface area contributed by atoms with E-state index in [1.807, 2.05) is 12.1 Å². The number of nitrogens with zero attached hydrogens (tertiary/aromatic N) is 1. The maximum absolute atomic E-state index is 12.3. The molecular formula is C19H17BrCl2N2O3. The number of carboxylic acid groups (broad SMARTS) is 1. The van der Waals surface area contributed by atoms with Crippen molar-refractivity contribution in [1.29, 1.82) is 0 Å². The maximum Gasteiger partial charge on any atom is 0.317 e. The number of halogens is 3. The summed E-state index contributed by atoms with van der Waals surface area (Å²) in [7, 11) is 0. The van der Waals surface area contributed by atoms with Crippen LogP contribution in [-0.2, 0) is 11.3 Å². The van der Waals surface area contributed by atoms with Gasteiger partial charge < -0.3 is 15.3 Å². The molecule has 0 spiro atoms. The van der Waals surface area contributed by atoms with Crippen LogP contribution in [0.25, 0.3) is 0 Å². The highest BCUT2D eigenvalue weighted by molar-refractivity contribution is 9.10. The molecule has 2 aromatic rings. The summed E-state index contributed by atoms with van der Waals surface area (Å²) in [6.45, 7) is 0.902. The van der Waals surface area contributed by atoms with Crippen molar-refractivity contribution in [3.8, 4) is 0 Å². The van der Waals surface area contributed by atoms with Crippen LogP contribution in [0.4, 0.5) is 4.79 Å². The Morgan fingerprint density at radius 3 is 2.59 bits per heavy atom. The second-order valence-electron chi connectivity index (χ2n) is 6.43. The van der Waals surface area contributed by atoms with Crippen molar-refractivity contribution in [2.24, 2.45) is 5.92 Å². The fraction of sp³-hybridized carbons (Fsp3) is 0.263. The van der Waals surface area contributed by atoms with Crippen LogP contribution in [0.3, 0.4) is 0 Å². The molecule has 0 aliphatic carbocycles. The second kappa shape index (κ2) is 8.50. The fourth-order valence-electron chi connectivity index (χ4n) is 3.26. The summed E-state index contributed by atoms with van der Waals surface area (Å²) < 4.78 is 0.881. The van der Waals surface area contributed by atoms with E-state index in [0.29, 0.717) is 28.7 Å². The number of urea groups is 1. The molecule has 2 N–H and O–H groups in total. The van der Waals surface area contributed by atoms with E-state index < -0.39 is 11.9 Å². The zero-order chi connectivity index (χ0) is 19.6. The first-order valence-electron chi connectivity index (χ1n) is 8.30. The summed E-state index contributed by atoms with van der Waals surface area (Å²) in [5.41, 5.74) is 1.46. The average Bonchev–Trinajstić information content (AvgIpc) is 2.61. The van der Waals surface area contributed by atoms with E-state index in [1.165, 1.54) is 0 Å². The van der Waals surface area contributed by atoms with Crippen molar-refractivity contribution in [3.63, 3.8) is 0 Å². The van der Waals surface area contributed by atoms with Crippen molar-refractivity contribution in [3.05, 3.63) is 68.1 Å². The van der Waals surface area contributed by atoms with Crippen LogP contribution in [0.15, 0.2) is 46.9 Å².